The minimum atomic E-state index is -0.561. The molecule has 3 aromatic carbocycles. The summed E-state index contributed by atoms with van der Waals surface area (Å²) < 4.78 is 5.54. The molecule has 1 atom stereocenters. The van der Waals surface area contributed by atoms with Gasteiger partial charge in [0.1, 0.15) is 17.7 Å². The molecule has 1 fully saturated rings. The highest BCUT2D eigenvalue weighted by molar-refractivity contribution is 6.04. The van der Waals surface area contributed by atoms with E-state index in [1.165, 1.54) is 0 Å². The Bertz CT molecular complexity index is 968. The summed E-state index contributed by atoms with van der Waals surface area (Å²) in [5.41, 5.74) is 6.92. The summed E-state index contributed by atoms with van der Waals surface area (Å²) in [5.74, 6) is 0.729. The van der Waals surface area contributed by atoms with Gasteiger partial charge in [0.2, 0.25) is 0 Å². The average molecular weight is 349 g/mol. The van der Waals surface area contributed by atoms with Crippen LogP contribution in [0, 0.1) is 0 Å². The average Bonchev–Trinajstić information content (AvgIpc) is 3.04. The van der Waals surface area contributed by atoms with Crippen molar-refractivity contribution in [3.63, 3.8) is 0 Å². The summed E-state index contributed by atoms with van der Waals surface area (Å²) in [5, 5.41) is 12.4. The molecule has 3 N–H and O–H groups in total. The van der Waals surface area contributed by atoms with Crippen molar-refractivity contribution in [3.05, 3.63) is 66.2 Å². The molecule has 1 aliphatic heterocycles. The van der Waals surface area contributed by atoms with E-state index in [4.69, 9.17) is 4.74 Å². The largest absolute Gasteiger partial charge is 0.508 e. The first kappa shape index (κ1) is 16.2. The number of phenolic OH excluding ortho intramolecular Hbond substituents is 1. The maximum atomic E-state index is 12.6. The molecule has 0 radical (unpaired) electrons. The van der Waals surface area contributed by atoms with Gasteiger partial charge in [-0.25, -0.2) is 10.2 Å². The van der Waals surface area contributed by atoms with Crippen molar-refractivity contribution < 1.29 is 14.6 Å². The summed E-state index contributed by atoms with van der Waals surface area (Å²) in [6.45, 7) is 2.42. The van der Waals surface area contributed by atoms with E-state index >= 15 is 0 Å². The third kappa shape index (κ3) is 2.70. The number of fused-ring (bicyclic) bond motifs is 1. The van der Waals surface area contributed by atoms with Gasteiger partial charge in [0.25, 0.3) is 0 Å². The molecule has 26 heavy (non-hydrogen) atoms. The monoisotopic (exact) mass is 349 g/mol. The van der Waals surface area contributed by atoms with Crippen LogP contribution in [0.4, 0.5) is 10.5 Å². The molecule has 0 bridgehead atoms. The highest BCUT2D eigenvalue weighted by Gasteiger charge is 2.35. The highest BCUT2D eigenvalue weighted by atomic mass is 16.5. The van der Waals surface area contributed by atoms with Crippen molar-refractivity contribution in [2.24, 2.45) is 0 Å². The maximum Gasteiger partial charge on any atom is 0.337 e. The van der Waals surface area contributed by atoms with E-state index in [0.717, 1.165) is 16.5 Å². The van der Waals surface area contributed by atoms with Crippen LogP contribution in [0.25, 0.3) is 10.8 Å². The van der Waals surface area contributed by atoms with Crippen LogP contribution >= 0.6 is 0 Å². The van der Waals surface area contributed by atoms with Crippen LogP contribution in [0.1, 0.15) is 18.7 Å². The summed E-state index contributed by atoms with van der Waals surface area (Å²) in [4.78, 5) is 14.2. The number of nitrogens with one attached hydrogen (secondary N) is 2. The van der Waals surface area contributed by atoms with E-state index in [1.807, 2.05) is 49.4 Å². The number of urea groups is 1. The van der Waals surface area contributed by atoms with Gasteiger partial charge in [-0.15, -0.1) is 0 Å². The molecule has 0 aliphatic carbocycles. The number of nitrogens with zero attached hydrogens (tertiary/aromatic N) is 1. The summed E-state index contributed by atoms with van der Waals surface area (Å²) in [7, 11) is 0. The Labute approximate surface area is 151 Å². The van der Waals surface area contributed by atoms with Crippen molar-refractivity contribution >= 4 is 22.5 Å². The fraction of sp³-hybridized carbons (Fsp3) is 0.150. The Balaban J connectivity index is 1.83. The molecule has 132 valence electrons. The predicted molar refractivity (Wildman–Crippen MR) is 100 cm³/mol. The Kier molecular flexibility index (Phi) is 4.10. The SMILES string of the molecule is CCOc1ccc(O)c(C2NNC(=O)N2c2cccc3ccccc23)c1. The Morgan fingerprint density at radius 3 is 2.77 bits per heavy atom. The van der Waals surface area contributed by atoms with E-state index in [2.05, 4.69) is 10.9 Å². The molecule has 4 rings (SSSR count). The molecule has 0 spiro atoms. The fourth-order valence-corrected chi connectivity index (χ4v) is 3.26. The minimum Gasteiger partial charge on any atom is -0.508 e. The van der Waals surface area contributed by atoms with Crippen LogP contribution in [0.15, 0.2) is 60.7 Å². The summed E-state index contributed by atoms with van der Waals surface area (Å²) in [6.07, 6.45) is -0.561. The van der Waals surface area contributed by atoms with Crippen LogP contribution in [0.2, 0.25) is 0 Å². The zero-order chi connectivity index (χ0) is 18.1. The molecule has 3 aromatic rings. The van der Waals surface area contributed by atoms with Crippen molar-refractivity contribution in [1.29, 1.82) is 0 Å². The molecule has 1 heterocycles. The van der Waals surface area contributed by atoms with E-state index in [-0.39, 0.29) is 11.8 Å². The van der Waals surface area contributed by atoms with Crippen molar-refractivity contribution in [1.82, 2.24) is 10.9 Å². The van der Waals surface area contributed by atoms with Gasteiger partial charge in [0.15, 0.2) is 0 Å². The van der Waals surface area contributed by atoms with Crippen molar-refractivity contribution in [3.8, 4) is 11.5 Å². The standard InChI is InChI=1S/C20H19N3O3/c1-2-26-14-10-11-18(24)16(12-14)19-21-22-20(25)23(19)17-9-5-7-13-6-3-4-8-15(13)17/h3-12,19,21,24H,2H2,1H3,(H,22,25). The topological polar surface area (TPSA) is 73.8 Å². The Morgan fingerprint density at radius 1 is 1.12 bits per heavy atom. The number of hydrazine groups is 1. The number of aromatic hydroxyl groups is 1. The number of carbonyl (C=O) groups is 1. The highest BCUT2D eigenvalue weighted by Crippen LogP contribution is 2.37. The minimum absolute atomic E-state index is 0.0905. The van der Waals surface area contributed by atoms with Gasteiger partial charge in [0, 0.05) is 10.9 Å². The van der Waals surface area contributed by atoms with E-state index in [9.17, 15) is 9.90 Å². The van der Waals surface area contributed by atoms with Gasteiger partial charge < -0.3 is 9.84 Å². The molecule has 6 heteroatoms. The van der Waals surface area contributed by atoms with Gasteiger partial charge in [-0.05, 0) is 36.6 Å². The summed E-state index contributed by atoms with van der Waals surface area (Å²) in [6, 6.07) is 18.4. The van der Waals surface area contributed by atoms with Crippen LogP contribution < -0.4 is 20.5 Å². The fourth-order valence-electron chi connectivity index (χ4n) is 3.26. The van der Waals surface area contributed by atoms with E-state index in [0.29, 0.717) is 17.9 Å². The van der Waals surface area contributed by atoms with Gasteiger partial charge in [-0.3, -0.25) is 10.3 Å². The van der Waals surface area contributed by atoms with Crippen LogP contribution in [-0.2, 0) is 0 Å². The van der Waals surface area contributed by atoms with Crippen LogP contribution in [-0.4, -0.2) is 17.7 Å². The number of ether oxygens (including phenoxy) is 1. The predicted octanol–water partition coefficient (Wildman–Crippen LogP) is 3.68. The lowest BCUT2D eigenvalue weighted by Crippen LogP contribution is -2.30. The molecule has 6 nitrogen and oxygen atoms in total. The third-order valence-corrected chi connectivity index (χ3v) is 4.42. The maximum absolute atomic E-state index is 12.6. The number of rotatable bonds is 4. The molecule has 0 aromatic heterocycles. The van der Waals surface area contributed by atoms with Crippen LogP contribution in [0.3, 0.4) is 0 Å². The van der Waals surface area contributed by atoms with Gasteiger partial charge in [0.05, 0.1) is 12.3 Å². The van der Waals surface area contributed by atoms with Crippen LogP contribution in [0.5, 0.6) is 11.5 Å². The number of anilines is 1. The van der Waals surface area contributed by atoms with E-state index < -0.39 is 6.17 Å². The number of carbonyl (C=O) groups excluding carboxylic acids is 1. The first-order valence-corrected chi connectivity index (χ1v) is 8.47. The van der Waals surface area contributed by atoms with Crippen molar-refractivity contribution in [2.75, 3.05) is 11.5 Å². The smallest absolute Gasteiger partial charge is 0.337 e. The normalized spacial score (nSPS) is 16.7. The summed E-state index contributed by atoms with van der Waals surface area (Å²) >= 11 is 0. The first-order valence-electron chi connectivity index (χ1n) is 8.47. The Hall–Kier alpha value is -3.25. The zero-order valence-corrected chi connectivity index (χ0v) is 14.3. The lowest BCUT2D eigenvalue weighted by Gasteiger charge is -2.25. The third-order valence-electron chi connectivity index (χ3n) is 4.42. The molecular weight excluding hydrogens is 330 g/mol. The van der Waals surface area contributed by atoms with E-state index in [1.54, 1.807) is 23.1 Å². The molecule has 1 aliphatic rings. The molecule has 2 amide bonds. The quantitative estimate of drug-likeness (QED) is 0.672. The van der Waals surface area contributed by atoms with Gasteiger partial charge >= 0.3 is 6.03 Å². The number of hydrogen-bond donors (Lipinski definition) is 3. The number of phenols is 1. The molecule has 1 unspecified atom stereocenters. The second kappa shape index (κ2) is 6.57. The second-order valence-electron chi connectivity index (χ2n) is 6.00. The van der Waals surface area contributed by atoms with Gasteiger partial charge in [-0.1, -0.05) is 36.4 Å². The Morgan fingerprint density at radius 2 is 1.92 bits per heavy atom. The van der Waals surface area contributed by atoms with Gasteiger partial charge in [-0.2, -0.15) is 0 Å². The lowest BCUT2D eigenvalue weighted by molar-refractivity contribution is 0.250. The number of hydrogen-bond acceptors (Lipinski definition) is 4. The zero-order valence-electron chi connectivity index (χ0n) is 14.3. The first-order chi connectivity index (χ1) is 12.7. The molecule has 0 saturated carbocycles. The second-order valence-corrected chi connectivity index (χ2v) is 6.00. The molecule has 1 saturated heterocycles. The molecular formula is C20H19N3O3. The number of benzene rings is 3. The lowest BCUT2D eigenvalue weighted by atomic mass is 10.1. The van der Waals surface area contributed by atoms with Crippen molar-refractivity contribution in [2.45, 2.75) is 13.1 Å². The number of amides is 2.